The Labute approximate surface area is 183 Å². The molecule has 0 fully saturated rings. The number of anilines is 1. The zero-order chi connectivity index (χ0) is 23.6. The van der Waals surface area contributed by atoms with E-state index in [0.717, 1.165) is 22.7 Å². The van der Waals surface area contributed by atoms with E-state index in [4.69, 9.17) is 0 Å². The Hall–Kier alpha value is -3.80. The zero-order valence-electron chi connectivity index (χ0n) is 17.4. The third-order valence-corrected chi connectivity index (χ3v) is 5.88. The van der Waals surface area contributed by atoms with Crippen molar-refractivity contribution in [1.29, 1.82) is 0 Å². The molecule has 2 heterocycles. The highest BCUT2D eigenvalue weighted by atomic mass is 32.2. The van der Waals surface area contributed by atoms with Crippen molar-refractivity contribution in [3.8, 4) is 5.75 Å². The monoisotopic (exact) mass is 461 g/mol. The summed E-state index contributed by atoms with van der Waals surface area (Å²) >= 11 is 0. The second kappa shape index (κ2) is 8.75. The number of fused-ring (bicyclic) bond motifs is 1. The summed E-state index contributed by atoms with van der Waals surface area (Å²) in [7, 11) is -1.08. The molecule has 32 heavy (non-hydrogen) atoms. The van der Waals surface area contributed by atoms with E-state index < -0.39 is 39.1 Å². The minimum absolute atomic E-state index is 0.00835. The predicted octanol–water partition coefficient (Wildman–Crippen LogP) is 1.16. The molecule has 0 aliphatic rings. The van der Waals surface area contributed by atoms with E-state index in [1.54, 1.807) is 0 Å². The number of sulfonamides is 1. The van der Waals surface area contributed by atoms with E-state index >= 15 is 0 Å². The Morgan fingerprint density at radius 2 is 1.94 bits per heavy atom. The molecule has 2 amide bonds. The fraction of sp³-hybridized carbons (Fsp3) is 0.200. The summed E-state index contributed by atoms with van der Waals surface area (Å²) in [6.45, 7) is -0.180. The fourth-order valence-corrected chi connectivity index (χ4v) is 3.42. The largest absolute Gasteiger partial charge is 0.504 e. The SMILES string of the molecule is CNC(=O)c1cc(F)ccc1CNC(=O)c1nc(N(C)S(C)(=O)=O)c2cccnc2c1O. The van der Waals surface area contributed by atoms with Crippen LogP contribution in [0, 0.1) is 5.82 Å². The average molecular weight is 461 g/mol. The molecule has 0 saturated heterocycles. The van der Waals surface area contributed by atoms with Gasteiger partial charge in [0, 0.05) is 37.8 Å². The van der Waals surface area contributed by atoms with Crippen LogP contribution in [-0.2, 0) is 16.6 Å². The lowest BCUT2D eigenvalue weighted by molar-refractivity contribution is 0.0934. The van der Waals surface area contributed by atoms with Crippen LogP contribution in [0.4, 0.5) is 10.2 Å². The number of nitrogens with one attached hydrogen (secondary N) is 2. The van der Waals surface area contributed by atoms with Crippen molar-refractivity contribution in [1.82, 2.24) is 20.6 Å². The van der Waals surface area contributed by atoms with Gasteiger partial charge in [-0.25, -0.2) is 17.8 Å². The fourth-order valence-electron chi connectivity index (χ4n) is 2.97. The van der Waals surface area contributed by atoms with Crippen LogP contribution in [0.15, 0.2) is 36.5 Å². The molecule has 2 aromatic heterocycles. The number of hydrogen-bond donors (Lipinski definition) is 3. The number of halogens is 1. The Morgan fingerprint density at radius 3 is 2.59 bits per heavy atom. The van der Waals surface area contributed by atoms with Gasteiger partial charge in [-0.3, -0.25) is 18.9 Å². The van der Waals surface area contributed by atoms with Gasteiger partial charge in [-0.1, -0.05) is 6.07 Å². The van der Waals surface area contributed by atoms with E-state index in [9.17, 15) is 27.5 Å². The van der Waals surface area contributed by atoms with Gasteiger partial charge in [0.1, 0.15) is 11.3 Å². The van der Waals surface area contributed by atoms with Crippen molar-refractivity contribution in [3.05, 3.63) is 59.2 Å². The molecule has 3 aromatic rings. The molecule has 0 unspecified atom stereocenters. The lowest BCUT2D eigenvalue weighted by Gasteiger charge is -2.19. The number of nitrogens with zero attached hydrogens (tertiary/aromatic N) is 3. The van der Waals surface area contributed by atoms with Crippen molar-refractivity contribution in [2.75, 3.05) is 24.7 Å². The second-order valence-electron chi connectivity index (χ2n) is 6.83. The van der Waals surface area contributed by atoms with Crippen LogP contribution in [0.2, 0.25) is 0 Å². The normalized spacial score (nSPS) is 11.2. The number of rotatable bonds is 6. The van der Waals surface area contributed by atoms with Gasteiger partial charge in [-0.15, -0.1) is 0 Å². The smallest absolute Gasteiger partial charge is 0.274 e. The molecule has 0 atom stereocenters. The maximum atomic E-state index is 13.6. The number of benzene rings is 1. The molecular weight excluding hydrogens is 441 g/mol. The molecular formula is C20H20FN5O5S. The van der Waals surface area contributed by atoms with E-state index in [1.807, 2.05) is 0 Å². The van der Waals surface area contributed by atoms with E-state index in [1.165, 1.54) is 38.5 Å². The third kappa shape index (κ3) is 4.44. The molecule has 0 radical (unpaired) electrons. The van der Waals surface area contributed by atoms with Crippen molar-refractivity contribution < 1.29 is 27.5 Å². The van der Waals surface area contributed by atoms with Crippen LogP contribution < -0.4 is 14.9 Å². The first-order valence-electron chi connectivity index (χ1n) is 9.25. The molecule has 168 valence electrons. The highest BCUT2D eigenvalue weighted by Crippen LogP contribution is 2.32. The molecule has 0 aliphatic heterocycles. The minimum Gasteiger partial charge on any atom is -0.504 e. The molecule has 12 heteroatoms. The van der Waals surface area contributed by atoms with E-state index in [0.29, 0.717) is 5.56 Å². The number of amides is 2. The molecule has 0 saturated carbocycles. The van der Waals surface area contributed by atoms with Crippen LogP contribution in [0.5, 0.6) is 5.75 Å². The number of carbonyl (C=O) groups is 2. The first-order valence-corrected chi connectivity index (χ1v) is 11.1. The van der Waals surface area contributed by atoms with Gasteiger partial charge in [-0.05, 0) is 29.8 Å². The van der Waals surface area contributed by atoms with Gasteiger partial charge in [-0.2, -0.15) is 0 Å². The molecule has 3 N–H and O–H groups in total. The first-order chi connectivity index (χ1) is 15.0. The highest BCUT2D eigenvalue weighted by Gasteiger charge is 2.25. The summed E-state index contributed by atoms with van der Waals surface area (Å²) in [5.74, 6) is -2.63. The molecule has 10 nitrogen and oxygen atoms in total. The lowest BCUT2D eigenvalue weighted by Crippen LogP contribution is -2.29. The van der Waals surface area contributed by atoms with Gasteiger partial charge in [0.25, 0.3) is 11.8 Å². The average Bonchev–Trinajstić information content (AvgIpc) is 2.76. The van der Waals surface area contributed by atoms with Crippen LogP contribution in [0.25, 0.3) is 10.9 Å². The van der Waals surface area contributed by atoms with Crippen LogP contribution in [0.3, 0.4) is 0 Å². The molecule has 1 aromatic carbocycles. The Morgan fingerprint density at radius 1 is 1.22 bits per heavy atom. The van der Waals surface area contributed by atoms with Crippen LogP contribution in [-0.4, -0.2) is 55.7 Å². The highest BCUT2D eigenvalue weighted by molar-refractivity contribution is 7.92. The second-order valence-corrected chi connectivity index (χ2v) is 8.84. The van der Waals surface area contributed by atoms with Gasteiger partial charge in [0.2, 0.25) is 10.0 Å². The van der Waals surface area contributed by atoms with E-state index in [2.05, 4.69) is 20.6 Å². The Balaban J connectivity index is 2.01. The standard InChI is InChI=1S/C20H20FN5O5S/c1-22-19(28)14-9-12(21)7-6-11(14)10-24-20(29)16-17(27)15-13(5-4-8-23-15)18(25-16)26(2)32(3,30)31/h4-9,27H,10H2,1-3H3,(H,22,28)(H,24,29). The lowest BCUT2D eigenvalue weighted by atomic mass is 10.1. The number of pyridine rings is 2. The van der Waals surface area contributed by atoms with Gasteiger partial charge >= 0.3 is 0 Å². The van der Waals surface area contributed by atoms with Crippen molar-refractivity contribution in [2.45, 2.75) is 6.54 Å². The van der Waals surface area contributed by atoms with E-state index in [-0.39, 0.29) is 28.8 Å². The summed E-state index contributed by atoms with van der Waals surface area (Å²) in [4.78, 5) is 32.9. The van der Waals surface area contributed by atoms with Crippen molar-refractivity contribution >= 4 is 38.6 Å². The predicted molar refractivity (Wildman–Crippen MR) is 115 cm³/mol. The zero-order valence-corrected chi connectivity index (χ0v) is 18.2. The third-order valence-electron chi connectivity index (χ3n) is 4.71. The van der Waals surface area contributed by atoms with Crippen molar-refractivity contribution in [2.24, 2.45) is 0 Å². The summed E-state index contributed by atoms with van der Waals surface area (Å²) in [6.07, 6.45) is 2.35. The Bertz CT molecular complexity index is 1330. The Kier molecular flexibility index (Phi) is 6.25. The van der Waals surface area contributed by atoms with Gasteiger partial charge in [0.15, 0.2) is 17.3 Å². The molecule has 0 aliphatic carbocycles. The number of hydrogen-bond acceptors (Lipinski definition) is 7. The summed E-state index contributed by atoms with van der Waals surface area (Å²) in [5.41, 5.74) is -0.107. The molecule has 0 bridgehead atoms. The molecule has 0 spiro atoms. The molecule has 3 rings (SSSR count). The first kappa shape index (κ1) is 22.9. The summed E-state index contributed by atoms with van der Waals surface area (Å²) in [5, 5.41) is 15.7. The maximum Gasteiger partial charge on any atom is 0.274 e. The number of carbonyl (C=O) groups excluding carboxylic acids is 2. The minimum atomic E-state index is -3.73. The number of aromatic nitrogens is 2. The summed E-state index contributed by atoms with van der Waals surface area (Å²) in [6, 6.07) is 6.58. The summed E-state index contributed by atoms with van der Waals surface area (Å²) < 4.78 is 38.5. The topological polar surface area (TPSA) is 142 Å². The maximum absolute atomic E-state index is 13.6. The number of aromatic hydroxyl groups is 1. The van der Waals surface area contributed by atoms with Crippen LogP contribution >= 0.6 is 0 Å². The van der Waals surface area contributed by atoms with Gasteiger partial charge < -0.3 is 15.7 Å². The van der Waals surface area contributed by atoms with Gasteiger partial charge in [0.05, 0.1) is 6.26 Å². The van der Waals surface area contributed by atoms with Crippen molar-refractivity contribution in [3.63, 3.8) is 0 Å². The van der Waals surface area contributed by atoms with Crippen LogP contribution in [0.1, 0.15) is 26.4 Å². The quantitative estimate of drug-likeness (QED) is 0.500.